The highest BCUT2D eigenvalue weighted by Gasteiger charge is 2.26. The number of carbonyl (C=O) groups excluding carboxylic acids is 1. The van der Waals surface area contributed by atoms with Crippen molar-refractivity contribution in [2.24, 2.45) is 0 Å². The topological polar surface area (TPSA) is 79.6 Å². The van der Waals surface area contributed by atoms with Crippen LogP contribution in [0.4, 0.5) is 0 Å². The summed E-state index contributed by atoms with van der Waals surface area (Å²) in [7, 11) is -3.20. The SMILES string of the molecule is CS(=O)(=O)NC1CCN(C(=O)c2ccoc2Cl)CC1. The zero-order valence-corrected chi connectivity index (χ0v) is 12.0. The number of hydrogen-bond donors (Lipinski definition) is 1. The molecule has 1 amide bonds. The van der Waals surface area contributed by atoms with Gasteiger partial charge in [0.1, 0.15) is 0 Å². The minimum absolute atomic E-state index is 0.0846. The van der Waals surface area contributed by atoms with Gasteiger partial charge in [0.25, 0.3) is 5.91 Å². The van der Waals surface area contributed by atoms with E-state index in [1.807, 2.05) is 0 Å². The predicted molar refractivity (Wildman–Crippen MR) is 70.6 cm³/mol. The summed E-state index contributed by atoms with van der Waals surface area (Å²) in [5, 5.41) is 0.0846. The van der Waals surface area contributed by atoms with E-state index in [0.717, 1.165) is 6.26 Å². The first-order valence-electron chi connectivity index (χ1n) is 5.86. The highest BCUT2D eigenvalue weighted by atomic mass is 35.5. The van der Waals surface area contributed by atoms with Crippen LogP contribution in [0.3, 0.4) is 0 Å². The molecule has 0 aromatic carbocycles. The number of likely N-dealkylation sites (tertiary alicyclic amines) is 1. The third-order valence-corrected chi connectivity index (χ3v) is 4.07. The number of halogens is 1. The lowest BCUT2D eigenvalue weighted by Gasteiger charge is -2.31. The maximum Gasteiger partial charge on any atom is 0.258 e. The van der Waals surface area contributed by atoms with Gasteiger partial charge in [-0.2, -0.15) is 0 Å². The minimum atomic E-state index is -3.20. The molecule has 8 heteroatoms. The molecule has 2 heterocycles. The van der Waals surface area contributed by atoms with Crippen molar-refractivity contribution in [1.82, 2.24) is 9.62 Å². The van der Waals surface area contributed by atoms with E-state index in [-0.39, 0.29) is 17.2 Å². The molecule has 0 unspecified atom stereocenters. The molecule has 19 heavy (non-hydrogen) atoms. The monoisotopic (exact) mass is 306 g/mol. The van der Waals surface area contributed by atoms with Gasteiger partial charge in [0.2, 0.25) is 15.2 Å². The Balaban J connectivity index is 1.94. The fourth-order valence-electron chi connectivity index (χ4n) is 2.12. The van der Waals surface area contributed by atoms with Crippen LogP contribution in [-0.4, -0.2) is 44.6 Å². The molecule has 0 bridgehead atoms. The average molecular weight is 307 g/mol. The summed E-state index contributed by atoms with van der Waals surface area (Å²) >= 11 is 5.76. The van der Waals surface area contributed by atoms with Crippen molar-refractivity contribution in [3.05, 3.63) is 23.1 Å². The van der Waals surface area contributed by atoms with Gasteiger partial charge >= 0.3 is 0 Å². The maximum atomic E-state index is 12.1. The van der Waals surface area contributed by atoms with Gasteiger partial charge in [0.05, 0.1) is 18.1 Å². The molecule has 0 spiro atoms. The third kappa shape index (κ3) is 3.71. The zero-order chi connectivity index (χ0) is 14.0. The van der Waals surface area contributed by atoms with Crippen molar-refractivity contribution in [2.75, 3.05) is 19.3 Å². The minimum Gasteiger partial charge on any atom is -0.452 e. The van der Waals surface area contributed by atoms with Gasteiger partial charge < -0.3 is 9.32 Å². The number of hydrogen-bond acceptors (Lipinski definition) is 4. The molecule has 1 N–H and O–H groups in total. The number of piperidine rings is 1. The van der Waals surface area contributed by atoms with Crippen molar-refractivity contribution >= 4 is 27.5 Å². The summed E-state index contributed by atoms with van der Waals surface area (Å²) in [5.74, 6) is -0.184. The van der Waals surface area contributed by atoms with Crippen LogP contribution in [-0.2, 0) is 10.0 Å². The first kappa shape index (κ1) is 14.4. The highest BCUT2D eigenvalue weighted by Crippen LogP contribution is 2.21. The number of carbonyl (C=O) groups is 1. The Kier molecular flexibility index (Phi) is 4.17. The molecule has 1 aromatic rings. The quantitative estimate of drug-likeness (QED) is 0.906. The van der Waals surface area contributed by atoms with Crippen LogP contribution in [0.2, 0.25) is 5.22 Å². The van der Waals surface area contributed by atoms with Gasteiger partial charge in [-0.05, 0) is 30.5 Å². The largest absolute Gasteiger partial charge is 0.452 e. The van der Waals surface area contributed by atoms with Crippen LogP contribution in [0.15, 0.2) is 16.7 Å². The Morgan fingerprint density at radius 2 is 2.11 bits per heavy atom. The molecule has 1 aliphatic heterocycles. The standard InChI is InChI=1S/C11H15ClN2O4S/c1-19(16,17)13-8-2-5-14(6-3-8)11(15)9-4-7-18-10(9)12/h4,7-8,13H,2-3,5-6H2,1H3. The molecule has 0 aliphatic carbocycles. The highest BCUT2D eigenvalue weighted by molar-refractivity contribution is 7.88. The van der Waals surface area contributed by atoms with Crippen molar-refractivity contribution < 1.29 is 17.6 Å². The van der Waals surface area contributed by atoms with Crippen LogP contribution in [0, 0.1) is 0 Å². The summed E-state index contributed by atoms with van der Waals surface area (Å²) in [6, 6.07) is 1.42. The molecule has 2 rings (SSSR count). The van der Waals surface area contributed by atoms with Gasteiger partial charge in [-0.1, -0.05) is 0 Å². The molecule has 106 valence electrons. The lowest BCUT2D eigenvalue weighted by molar-refractivity contribution is 0.0711. The van der Waals surface area contributed by atoms with Crippen LogP contribution in [0.25, 0.3) is 0 Å². The van der Waals surface area contributed by atoms with Crippen molar-refractivity contribution in [2.45, 2.75) is 18.9 Å². The number of amides is 1. The number of rotatable bonds is 3. The van der Waals surface area contributed by atoms with Gasteiger partial charge in [-0.15, -0.1) is 0 Å². The summed E-state index contributed by atoms with van der Waals surface area (Å²) in [4.78, 5) is 13.8. The summed E-state index contributed by atoms with van der Waals surface area (Å²) < 4.78 is 29.7. The Hall–Kier alpha value is -1.05. The molecule has 1 aromatic heterocycles. The van der Waals surface area contributed by atoms with E-state index in [1.54, 1.807) is 4.90 Å². The van der Waals surface area contributed by atoms with Crippen LogP contribution < -0.4 is 4.72 Å². The third-order valence-electron chi connectivity index (χ3n) is 3.01. The number of furan rings is 1. The molecule has 0 saturated carbocycles. The normalized spacial score (nSPS) is 17.7. The molecular weight excluding hydrogens is 292 g/mol. The smallest absolute Gasteiger partial charge is 0.258 e. The van der Waals surface area contributed by atoms with E-state index in [1.165, 1.54) is 12.3 Å². The maximum absolute atomic E-state index is 12.1. The lowest BCUT2D eigenvalue weighted by Crippen LogP contribution is -2.46. The second-order valence-electron chi connectivity index (χ2n) is 4.56. The van der Waals surface area contributed by atoms with E-state index < -0.39 is 10.0 Å². The Labute approximate surface area is 116 Å². The average Bonchev–Trinajstić information content (AvgIpc) is 2.73. The van der Waals surface area contributed by atoms with E-state index in [9.17, 15) is 13.2 Å². The first-order chi connectivity index (χ1) is 8.87. The molecular formula is C11H15ClN2O4S. The van der Waals surface area contributed by atoms with E-state index in [0.29, 0.717) is 31.5 Å². The fraction of sp³-hybridized carbons (Fsp3) is 0.545. The molecule has 0 atom stereocenters. The molecule has 1 fully saturated rings. The second kappa shape index (κ2) is 5.52. The predicted octanol–water partition coefficient (Wildman–Crippen LogP) is 1.09. The van der Waals surface area contributed by atoms with Gasteiger partial charge in [0.15, 0.2) is 0 Å². The summed E-state index contributed by atoms with van der Waals surface area (Å²) in [6.45, 7) is 0.987. The van der Waals surface area contributed by atoms with Gasteiger partial charge in [-0.25, -0.2) is 13.1 Å². The molecule has 1 aliphatic rings. The molecule has 1 saturated heterocycles. The van der Waals surface area contributed by atoms with E-state index >= 15 is 0 Å². The van der Waals surface area contributed by atoms with Crippen molar-refractivity contribution in [3.63, 3.8) is 0 Å². The second-order valence-corrected chi connectivity index (χ2v) is 6.69. The summed E-state index contributed by atoms with van der Waals surface area (Å²) in [6.07, 6.45) is 3.69. The Morgan fingerprint density at radius 1 is 1.47 bits per heavy atom. The Bertz CT molecular complexity index is 561. The number of nitrogens with zero attached hydrogens (tertiary/aromatic N) is 1. The number of nitrogens with one attached hydrogen (secondary N) is 1. The van der Waals surface area contributed by atoms with Crippen molar-refractivity contribution in [3.8, 4) is 0 Å². The fourth-order valence-corrected chi connectivity index (χ4v) is 3.16. The van der Waals surface area contributed by atoms with Crippen molar-refractivity contribution in [1.29, 1.82) is 0 Å². The number of sulfonamides is 1. The van der Waals surface area contributed by atoms with E-state index in [4.69, 9.17) is 16.0 Å². The zero-order valence-electron chi connectivity index (χ0n) is 10.4. The van der Waals surface area contributed by atoms with Crippen LogP contribution >= 0.6 is 11.6 Å². The Morgan fingerprint density at radius 3 is 2.58 bits per heavy atom. The lowest BCUT2D eigenvalue weighted by atomic mass is 10.1. The van der Waals surface area contributed by atoms with Gasteiger partial charge in [-0.3, -0.25) is 4.79 Å². The first-order valence-corrected chi connectivity index (χ1v) is 8.13. The molecule has 0 radical (unpaired) electrons. The van der Waals surface area contributed by atoms with E-state index in [2.05, 4.69) is 4.72 Å². The summed E-state index contributed by atoms with van der Waals surface area (Å²) in [5.41, 5.74) is 0.344. The van der Waals surface area contributed by atoms with Gasteiger partial charge in [0, 0.05) is 19.1 Å². The van der Waals surface area contributed by atoms with Crippen LogP contribution in [0.5, 0.6) is 0 Å². The van der Waals surface area contributed by atoms with Crippen LogP contribution in [0.1, 0.15) is 23.2 Å². The molecule has 6 nitrogen and oxygen atoms in total.